The van der Waals surface area contributed by atoms with Crippen molar-refractivity contribution in [1.29, 1.82) is 0 Å². The smallest absolute Gasteiger partial charge is 0.266 e. The molecular formula is C19H18N2O4S. The summed E-state index contributed by atoms with van der Waals surface area (Å²) in [7, 11) is -3.89. The summed E-state index contributed by atoms with van der Waals surface area (Å²) in [6, 6.07) is 18.7. The monoisotopic (exact) mass is 370 g/mol. The predicted octanol–water partition coefficient (Wildman–Crippen LogP) is 2.86. The molecule has 0 atom stereocenters. The minimum Gasteiger partial charge on any atom is -0.494 e. The van der Waals surface area contributed by atoms with E-state index in [9.17, 15) is 13.2 Å². The van der Waals surface area contributed by atoms with Crippen molar-refractivity contribution in [3.8, 4) is 5.75 Å². The van der Waals surface area contributed by atoms with Gasteiger partial charge in [0.2, 0.25) is 0 Å². The predicted molar refractivity (Wildman–Crippen MR) is 99.3 cm³/mol. The molecule has 0 saturated carbocycles. The Hall–Kier alpha value is -2.90. The van der Waals surface area contributed by atoms with Crippen LogP contribution in [0, 0.1) is 0 Å². The summed E-state index contributed by atoms with van der Waals surface area (Å²) in [5, 5.41) is 1.73. The maximum atomic E-state index is 12.4. The van der Waals surface area contributed by atoms with Crippen LogP contribution < -0.4 is 15.0 Å². The number of hydrazine groups is 1. The maximum absolute atomic E-state index is 12.4. The molecule has 134 valence electrons. The summed E-state index contributed by atoms with van der Waals surface area (Å²) in [5.74, 6) is -0.0338. The molecule has 0 unspecified atom stereocenters. The largest absolute Gasteiger partial charge is 0.494 e. The molecule has 0 bridgehead atoms. The molecular weight excluding hydrogens is 352 g/mol. The first-order chi connectivity index (χ1) is 12.5. The highest BCUT2D eigenvalue weighted by Gasteiger charge is 2.16. The number of carbonyl (C=O) groups excluding carboxylic acids is 1. The first-order valence-corrected chi connectivity index (χ1v) is 9.52. The number of fused-ring (bicyclic) bond motifs is 1. The first-order valence-electron chi connectivity index (χ1n) is 8.03. The molecule has 2 N–H and O–H groups in total. The number of carbonyl (C=O) groups is 1. The van der Waals surface area contributed by atoms with Gasteiger partial charge in [0.05, 0.1) is 11.5 Å². The fraction of sp³-hybridized carbons (Fsp3) is 0.105. The van der Waals surface area contributed by atoms with Crippen LogP contribution in [0.1, 0.15) is 17.3 Å². The Balaban J connectivity index is 1.74. The third kappa shape index (κ3) is 4.01. The normalized spacial score (nSPS) is 11.3. The van der Waals surface area contributed by atoms with Crippen LogP contribution in [0.5, 0.6) is 5.75 Å². The molecule has 0 saturated heterocycles. The molecule has 7 heteroatoms. The van der Waals surface area contributed by atoms with Crippen LogP contribution in [0.15, 0.2) is 71.6 Å². The lowest BCUT2D eigenvalue weighted by molar-refractivity contribution is 0.0944. The number of hydrogen-bond donors (Lipinski definition) is 2. The second-order valence-electron chi connectivity index (χ2n) is 5.53. The SMILES string of the molecule is CCOc1cccc(C(=O)NNS(=O)(=O)c2ccc3ccccc3c2)c1. The van der Waals surface area contributed by atoms with E-state index in [-0.39, 0.29) is 10.5 Å². The molecule has 3 aromatic carbocycles. The average Bonchev–Trinajstić information content (AvgIpc) is 2.66. The maximum Gasteiger partial charge on any atom is 0.266 e. The third-order valence-corrected chi connectivity index (χ3v) is 4.98. The van der Waals surface area contributed by atoms with Crippen LogP contribution in [-0.2, 0) is 10.0 Å². The Morgan fingerprint density at radius 3 is 2.50 bits per heavy atom. The van der Waals surface area contributed by atoms with Gasteiger partial charge in [-0.3, -0.25) is 10.2 Å². The summed E-state index contributed by atoms with van der Waals surface area (Å²) in [6.45, 7) is 2.31. The highest BCUT2D eigenvalue weighted by Crippen LogP contribution is 2.18. The molecule has 3 aromatic rings. The lowest BCUT2D eigenvalue weighted by Gasteiger charge is -2.10. The number of sulfonamides is 1. The Morgan fingerprint density at radius 2 is 1.73 bits per heavy atom. The average molecular weight is 370 g/mol. The molecule has 6 nitrogen and oxygen atoms in total. The molecule has 0 aliphatic carbocycles. The van der Waals surface area contributed by atoms with E-state index in [1.165, 1.54) is 6.07 Å². The van der Waals surface area contributed by atoms with Crippen molar-refractivity contribution in [2.24, 2.45) is 0 Å². The van der Waals surface area contributed by atoms with Gasteiger partial charge in [0.15, 0.2) is 0 Å². The first kappa shape index (κ1) is 17.9. The van der Waals surface area contributed by atoms with Gasteiger partial charge >= 0.3 is 0 Å². The quantitative estimate of drug-likeness (QED) is 0.654. The number of ether oxygens (including phenoxy) is 1. The van der Waals surface area contributed by atoms with Crippen molar-refractivity contribution >= 4 is 26.7 Å². The van der Waals surface area contributed by atoms with Crippen molar-refractivity contribution in [2.45, 2.75) is 11.8 Å². The number of nitrogens with one attached hydrogen (secondary N) is 2. The summed E-state index contributed by atoms with van der Waals surface area (Å²) in [5.41, 5.74) is 2.51. The molecule has 0 fully saturated rings. The van der Waals surface area contributed by atoms with Gasteiger partial charge < -0.3 is 4.74 Å². The standard InChI is InChI=1S/C19H18N2O4S/c1-2-25-17-9-5-8-16(12-17)19(22)20-21-26(23,24)18-11-10-14-6-3-4-7-15(14)13-18/h3-13,21H,2H2,1H3,(H,20,22). The highest BCUT2D eigenvalue weighted by molar-refractivity contribution is 7.89. The molecule has 0 radical (unpaired) electrons. The van der Waals surface area contributed by atoms with Gasteiger partial charge in [0.25, 0.3) is 15.9 Å². The topological polar surface area (TPSA) is 84.5 Å². The Bertz CT molecular complexity index is 1050. The fourth-order valence-corrected chi connectivity index (χ4v) is 3.35. The number of amides is 1. The molecule has 1 amide bonds. The fourth-order valence-electron chi connectivity index (χ4n) is 2.47. The summed E-state index contributed by atoms with van der Waals surface area (Å²) < 4.78 is 30.2. The van der Waals surface area contributed by atoms with Crippen molar-refractivity contribution in [3.05, 3.63) is 72.3 Å². The molecule has 26 heavy (non-hydrogen) atoms. The molecule has 0 aromatic heterocycles. The van der Waals surface area contributed by atoms with Gasteiger partial charge in [0, 0.05) is 5.56 Å². The van der Waals surface area contributed by atoms with E-state index >= 15 is 0 Å². The van der Waals surface area contributed by atoms with Gasteiger partial charge in [-0.05, 0) is 48.0 Å². The summed E-state index contributed by atoms with van der Waals surface area (Å²) >= 11 is 0. The highest BCUT2D eigenvalue weighted by atomic mass is 32.2. The minimum absolute atomic E-state index is 0.0690. The zero-order valence-corrected chi connectivity index (χ0v) is 14.9. The van der Waals surface area contributed by atoms with E-state index < -0.39 is 15.9 Å². The third-order valence-electron chi connectivity index (χ3n) is 3.74. The Labute approximate surface area is 151 Å². The zero-order chi connectivity index (χ0) is 18.6. The molecule has 3 rings (SSSR count). The van der Waals surface area contributed by atoms with Gasteiger partial charge in [0.1, 0.15) is 5.75 Å². The molecule has 0 heterocycles. The zero-order valence-electron chi connectivity index (χ0n) is 14.1. The van der Waals surface area contributed by atoms with E-state index in [0.717, 1.165) is 10.8 Å². The van der Waals surface area contributed by atoms with Crippen molar-refractivity contribution < 1.29 is 17.9 Å². The number of benzene rings is 3. The van der Waals surface area contributed by atoms with Crippen LogP contribution in [0.2, 0.25) is 0 Å². The molecule has 0 aliphatic rings. The van der Waals surface area contributed by atoms with E-state index in [4.69, 9.17) is 4.74 Å². The van der Waals surface area contributed by atoms with Gasteiger partial charge in [-0.15, -0.1) is 4.83 Å². The van der Waals surface area contributed by atoms with Crippen molar-refractivity contribution in [2.75, 3.05) is 6.61 Å². The summed E-state index contributed by atoms with van der Waals surface area (Å²) in [4.78, 5) is 14.4. The van der Waals surface area contributed by atoms with E-state index in [1.807, 2.05) is 31.2 Å². The minimum atomic E-state index is -3.89. The van der Waals surface area contributed by atoms with E-state index in [2.05, 4.69) is 10.3 Å². The van der Waals surface area contributed by atoms with Crippen molar-refractivity contribution in [1.82, 2.24) is 10.3 Å². The number of hydrogen-bond acceptors (Lipinski definition) is 4. The molecule has 0 spiro atoms. The van der Waals surface area contributed by atoms with Crippen LogP contribution in [0.3, 0.4) is 0 Å². The van der Waals surface area contributed by atoms with Gasteiger partial charge in [-0.25, -0.2) is 8.42 Å². The second kappa shape index (κ2) is 7.55. The van der Waals surface area contributed by atoms with Crippen LogP contribution in [-0.4, -0.2) is 20.9 Å². The summed E-state index contributed by atoms with van der Waals surface area (Å²) in [6.07, 6.45) is 0. The Morgan fingerprint density at radius 1 is 0.962 bits per heavy atom. The van der Waals surface area contributed by atoms with Crippen LogP contribution in [0.4, 0.5) is 0 Å². The van der Waals surface area contributed by atoms with Crippen LogP contribution in [0.25, 0.3) is 10.8 Å². The van der Waals surface area contributed by atoms with E-state index in [0.29, 0.717) is 12.4 Å². The van der Waals surface area contributed by atoms with E-state index in [1.54, 1.807) is 36.4 Å². The number of rotatable bonds is 6. The lowest BCUT2D eigenvalue weighted by atomic mass is 10.1. The van der Waals surface area contributed by atoms with Gasteiger partial charge in [-0.2, -0.15) is 0 Å². The second-order valence-corrected chi connectivity index (χ2v) is 7.21. The van der Waals surface area contributed by atoms with Gasteiger partial charge in [-0.1, -0.05) is 36.4 Å². The van der Waals surface area contributed by atoms with Crippen molar-refractivity contribution in [3.63, 3.8) is 0 Å². The van der Waals surface area contributed by atoms with Crippen LogP contribution >= 0.6 is 0 Å². The molecule has 0 aliphatic heterocycles. The Kier molecular flexibility index (Phi) is 5.20. The lowest BCUT2D eigenvalue weighted by Crippen LogP contribution is -2.41.